The monoisotopic (exact) mass is 452 g/mol. The number of aromatic nitrogens is 2. The molecular weight excluding hydrogens is 427 g/mol. The van der Waals surface area contributed by atoms with Gasteiger partial charge in [0.25, 0.3) is 0 Å². The number of ether oxygens (including phenoxy) is 1. The predicted octanol–water partition coefficient (Wildman–Crippen LogP) is 1.80. The van der Waals surface area contributed by atoms with Crippen LogP contribution in [-0.2, 0) is 11.3 Å². The lowest BCUT2D eigenvalue weighted by Crippen LogP contribution is -2.51. The molecule has 1 amide bonds. The van der Waals surface area contributed by atoms with Gasteiger partial charge in [0, 0.05) is 38.6 Å². The lowest BCUT2D eigenvalue weighted by Gasteiger charge is -2.36. The second kappa shape index (κ2) is 9.32. The van der Waals surface area contributed by atoms with Crippen molar-refractivity contribution in [3.05, 3.63) is 86.9 Å². The van der Waals surface area contributed by atoms with E-state index in [0.717, 1.165) is 20.6 Å². The average Bonchev–Trinajstić information content (AvgIpc) is 2.84. The lowest BCUT2D eigenvalue weighted by molar-refractivity contribution is -0.132. The molecule has 8 nitrogen and oxygen atoms in total. The van der Waals surface area contributed by atoms with Crippen molar-refractivity contribution in [3.8, 4) is 11.4 Å². The van der Waals surface area contributed by atoms with E-state index >= 15 is 0 Å². The van der Waals surface area contributed by atoms with Crippen molar-refractivity contribution in [1.82, 2.24) is 14.0 Å². The highest BCUT2D eigenvalue weighted by molar-refractivity contribution is 5.76. The van der Waals surface area contributed by atoms with Crippen LogP contribution >= 0.6 is 0 Å². The van der Waals surface area contributed by atoms with Crippen molar-refractivity contribution >= 4 is 11.6 Å². The Balaban J connectivity index is 1.46. The van der Waals surface area contributed by atoms with E-state index in [1.54, 1.807) is 18.9 Å². The fraction of sp³-hybridized carbons (Fsp3) is 0.292. The van der Waals surface area contributed by atoms with Gasteiger partial charge in [0.05, 0.1) is 18.5 Å². The summed E-state index contributed by atoms with van der Waals surface area (Å²) in [5.74, 6) is 0.0305. The first-order chi connectivity index (χ1) is 15.9. The van der Waals surface area contributed by atoms with Gasteiger partial charge >= 0.3 is 11.1 Å². The van der Waals surface area contributed by atoms with E-state index in [1.807, 2.05) is 24.3 Å². The van der Waals surface area contributed by atoms with Gasteiger partial charge in [-0.05, 0) is 36.8 Å². The number of rotatable bonds is 5. The molecule has 0 unspecified atom stereocenters. The topological polar surface area (TPSA) is 76.8 Å². The minimum absolute atomic E-state index is 0.230. The van der Waals surface area contributed by atoms with Crippen LogP contribution in [-0.4, -0.2) is 53.2 Å². The summed E-state index contributed by atoms with van der Waals surface area (Å²) < 4.78 is 21.3. The molecule has 1 aliphatic heterocycles. The number of para-hydroxylation sites is 2. The van der Waals surface area contributed by atoms with Crippen LogP contribution in [0.2, 0.25) is 0 Å². The maximum absolute atomic E-state index is 13.6. The summed E-state index contributed by atoms with van der Waals surface area (Å²) in [6.07, 6.45) is 2.77. The molecule has 0 spiro atoms. The number of anilines is 1. The van der Waals surface area contributed by atoms with Gasteiger partial charge in [-0.15, -0.1) is 0 Å². The highest BCUT2D eigenvalue weighted by atomic mass is 19.1. The normalized spacial score (nSPS) is 13.8. The van der Waals surface area contributed by atoms with Crippen LogP contribution in [0.15, 0.2) is 64.4 Å². The van der Waals surface area contributed by atoms with E-state index < -0.39 is 16.9 Å². The molecule has 0 aliphatic carbocycles. The van der Waals surface area contributed by atoms with Crippen LogP contribution in [0.25, 0.3) is 5.69 Å². The third-order valence-electron chi connectivity index (χ3n) is 5.85. The van der Waals surface area contributed by atoms with E-state index in [1.165, 1.54) is 30.6 Å². The number of carbonyl (C=O) groups is 1. The number of methoxy groups -OCH3 is 1. The third-order valence-corrected chi connectivity index (χ3v) is 5.85. The van der Waals surface area contributed by atoms with E-state index in [4.69, 9.17) is 4.74 Å². The van der Waals surface area contributed by atoms with E-state index in [9.17, 15) is 18.8 Å². The SMILES string of the molecule is COc1ccccc1N1CCN(C(=O)Cn2ccn(-c3cc(F)ccc3C)c(=O)c2=O)CC1. The number of hydrogen-bond acceptors (Lipinski definition) is 5. The molecule has 172 valence electrons. The van der Waals surface area contributed by atoms with Crippen molar-refractivity contribution in [2.45, 2.75) is 13.5 Å². The summed E-state index contributed by atoms with van der Waals surface area (Å²) in [5.41, 5.74) is 0.254. The molecule has 0 bridgehead atoms. The molecule has 2 heterocycles. The molecule has 1 saturated heterocycles. The number of benzene rings is 2. The molecule has 3 aromatic rings. The Morgan fingerprint density at radius 1 is 0.970 bits per heavy atom. The number of piperazine rings is 1. The molecule has 0 N–H and O–H groups in total. The van der Waals surface area contributed by atoms with Gasteiger partial charge in [0.2, 0.25) is 5.91 Å². The van der Waals surface area contributed by atoms with Crippen molar-refractivity contribution in [2.75, 3.05) is 38.2 Å². The summed E-state index contributed by atoms with van der Waals surface area (Å²) >= 11 is 0. The molecule has 9 heteroatoms. The maximum Gasteiger partial charge on any atom is 0.320 e. The largest absolute Gasteiger partial charge is 0.495 e. The predicted molar refractivity (Wildman–Crippen MR) is 123 cm³/mol. The smallest absolute Gasteiger partial charge is 0.320 e. The minimum Gasteiger partial charge on any atom is -0.495 e. The van der Waals surface area contributed by atoms with Gasteiger partial charge in [-0.3, -0.25) is 23.5 Å². The van der Waals surface area contributed by atoms with E-state index in [2.05, 4.69) is 4.90 Å². The van der Waals surface area contributed by atoms with Crippen molar-refractivity contribution in [3.63, 3.8) is 0 Å². The van der Waals surface area contributed by atoms with Gasteiger partial charge in [-0.1, -0.05) is 18.2 Å². The Labute approximate surface area is 190 Å². The maximum atomic E-state index is 13.6. The number of carbonyl (C=O) groups excluding carboxylic acids is 1. The van der Waals surface area contributed by atoms with Crippen molar-refractivity contribution in [2.24, 2.45) is 0 Å². The van der Waals surface area contributed by atoms with Gasteiger partial charge < -0.3 is 14.5 Å². The Morgan fingerprint density at radius 2 is 1.70 bits per heavy atom. The number of hydrogen-bond donors (Lipinski definition) is 0. The second-order valence-electron chi connectivity index (χ2n) is 7.88. The average molecular weight is 452 g/mol. The number of aryl methyl sites for hydroxylation is 1. The number of halogens is 1. The molecule has 0 saturated carbocycles. The van der Waals surface area contributed by atoms with Crippen LogP contribution in [0, 0.1) is 12.7 Å². The Morgan fingerprint density at radius 3 is 2.42 bits per heavy atom. The molecule has 33 heavy (non-hydrogen) atoms. The zero-order valence-electron chi connectivity index (χ0n) is 18.5. The van der Waals surface area contributed by atoms with Crippen molar-refractivity contribution in [1.29, 1.82) is 0 Å². The number of amides is 1. The van der Waals surface area contributed by atoms with Gasteiger partial charge in [-0.25, -0.2) is 4.39 Å². The standard InChI is InChI=1S/C24H25FN4O4/c1-17-7-8-18(25)15-20(17)29-14-13-28(23(31)24(29)32)16-22(30)27-11-9-26(10-12-27)19-5-3-4-6-21(19)33-2/h3-8,13-15H,9-12,16H2,1-2H3. The van der Waals surface area contributed by atoms with Crippen LogP contribution in [0.1, 0.15) is 5.56 Å². The molecule has 0 radical (unpaired) electrons. The molecule has 4 rings (SSSR count). The molecule has 1 aromatic heterocycles. The molecule has 0 atom stereocenters. The van der Waals surface area contributed by atoms with Crippen LogP contribution in [0.3, 0.4) is 0 Å². The zero-order chi connectivity index (χ0) is 23.5. The van der Waals surface area contributed by atoms with E-state index in [0.29, 0.717) is 37.4 Å². The van der Waals surface area contributed by atoms with Crippen LogP contribution < -0.4 is 20.8 Å². The summed E-state index contributed by atoms with van der Waals surface area (Å²) in [7, 11) is 1.62. The highest BCUT2D eigenvalue weighted by Gasteiger charge is 2.23. The number of nitrogens with zero attached hydrogens (tertiary/aromatic N) is 4. The highest BCUT2D eigenvalue weighted by Crippen LogP contribution is 2.28. The van der Waals surface area contributed by atoms with Crippen LogP contribution in [0.5, 0.6) is 5.75 Å². The Kier molecular flexibility index (Phi) is 6.30. The molecule has 1 aliphatic rings. The summed E-state index contributed by atoms with van der Waals surface area (Å²) in [5, 5.41) is 0. The van der Waals surface area contributed by atoms with Gasteiger partial charge in [0.1, 0.15) is 18.1 Å². The summed E-state index contributed by atoms with van der Waals surface area (Å²) in [6.45, 7) is 3.73. The first-order valence-electron chi connectivity index (χ1n) is 10.6. The fourth-order valence-electron chi connectivity index (χ4n) is 4.00. The Hall–Kier alpha value is -3.88. The third kappa shape index (κ3) is 4.52. The lowest BCUT2D eigenvalue weighted by atomic mass is 10.2. The quantitative estimate of drug-likeness (QED) is 0.552. The molecule has 2 aromatic carbocycles. The van der Waals surface area contributed by atoms with Gasteiger partial charge in [0.15, 0.2) is 0 Å². The Bertz CT molecular complexity index is 1290. The molecular formula is C24H25FN4O4. The van der Waals surface area contributed by atoms with E-state index in [-0.39, 0.29) is 12.5 Å². The molecule has 1 fully saturated rings. The second-order valence-corrected chi connectivity index (χ2v) is 7.88. The summed E-state index contributed by atoms with van der Waals surface area (Å²) in [4.78, 5) is 41.9. The minimum atomic E-state index is -0.833. The van der Waals surface area contributed by atoms with Crippen molar-refractivity contribution < 1.29 is 13.9 Å². The van der Waals surface area contributed by atoms with Gasteiger partial charge in [-0.2, -0.15) is 0 Å². The zero-order valence-corrected chi connectivity index (χ0v) is 18.5. The first-order valence-corrected chi connectivity index (χ1v) is 10.6. The van der Waals surface area contributed by atoms with Crippen LogP contribution in [0.4, 0.5) is 10.1 Å². The fourth-order valence-corrected chi connectivity index (χ4v) is 4.00. The first kappa shape index (κ1) is 22.3. The summed E-state index contributed by atoms with van der Waals surface area (Å²) in [6, 6.07) is 11.7.